The molecule has 0 spiro atoms. The van der Waals surface area contributed by atoms with Crippen molar-refractivity contribution in [3.05, 3.63) is 33.9 Å². The van der Waals surface area contributed by atoms with Crippen molar-refractivity contribution < 1.29 is 4.92 Å². The number of benzene rings is 1. The minimum atomic E-state index is -0.446. The first-order valence-corrected chi connectivity index (χ1v) is 7.62. The lowest BCUT2D eigenvalue weighted by molar-refractivity contribution is -0.384. The summed E-state index contributed by atoms with van der Waals surface area (Å²) in [6, 6.07) is 6.74. The lowest BCUT2D eigenvalue weighted by Crippen LogP contribution is -2.42. The molecule has 0 unspecified atom stereocenters. The number of nitrogens with zero attached hydrogens (tertiary/aromatic N) is 3. The fourth-order valence-electron chi connectivity index (χ4n) is 3.82. The van der Waals surface area contributed by atoms with Gasteiger partial charge in [-0.2, -0.15) is 5.26 Å². The Morgan fingerprint density at radius 1 is 1.24 bits per heavy atom. The molecular formula is C16H19N3O2. The maximum absolute atomic E-state index is 10.8. The maximum Gasteiger partial charge on any atom is 0.270 e. The van der Waals surface area contributed by atoms with E-state index < -0.39 is 4.92 Å². The molecule has 3 rings (SSSR count). The smallest absolute Gasteiger partial charge is 0.270 e. The van der Waals surface area contributed by atoms with Crippen LogP contribution in [0.2, 0.25) is 0 Å². The van der Waals surface area contributed by atoms with Crippen LogP contribution in [0.1, 0.15) is 37.7 Å². The van der Waals surface area contributed by atoms with Crippen molar-refractivity contribution in [1.82, 2.24) is 0 Å². The number of fused-ring (bicyclic) bond motifs is 1. The Balaban J connectivity index is 1.83. The monoisotopic (exact) mass is 285 g/mol. The molecule has 1 aromatic carbocycles. The molecule has 1 aliphatic carbocycles. The molecule has 1 heterocycles. The summed E-state index contributed by atoms with van der Waals surface area (Å²) in [4.78, 5) is 12.6. The summed E-state index contributed by atoms with van der Waals surface area (Å²) < 4.78 is 0. The van der Waals surface area contributed by atoms with E-state index in [1.165, 1.54) is 44.2 Å². The largest absolute Gasteiger partial charge is 0.370 e. The van der Waals surface area contributed by atoms with Gasteiger partial charge in [0.1, 0.15) is 6.07 Å². The van der Waals surface area contributed by atoms with Gasteiger partial charge in [-0.25, -0.2) is 0 Å². The fourth-order valence-corrected chi connectivity index (χ4v) is 3.82. The van der Waals surface area contributed by atoms with Gasteiger partial charge in [0.2, 0.25) is 0 Å². The number of piperidine rings is 1. The zero-order valence-electron chi connectivity index (χ0n) is 12.0. The van der Waals surface area contributed by atoms with Gasteiger partial charge in [0.25, 0.3) is 5.69 Å². The van der Waals surface area contributed by atoms with Gasteiger partial charge in [0, 0.05) is 25.2 Å². The van der Waals surface area contributed by atoms with Gasteiger partial charge in [-0.05, 0) is 30.7 Å². The summed E-state index contributed by atoms with van der Waals surface area (Å²) in [6.45, 7) is 1.94. The van der Waals surface area contributed by atoms with Crippen molar-refractivity contribution in [2.24, 2.45) is 11.8 Å². The third kappa shape index (κ3) is 2.71. The number of non-ortho nitro benzene ring substituents is 1. The summed E-state index contributed by atoms with van der Waals surface area (Å²) in [6.07, 6.45) is 6.44. The molecule has 0 radical (unpaired) electrons. The SMILES string of the molecule is N#Cc1cc([N+](=O)[O-])ccc1N1CC[C@@H]2CCCC[C@@H]2C1. The highest BCUT2D eigenvalue weighted by atomic mass is 16.6. The van der Waals surface area contributed by atoms with E-state index in [0.29, 0.717) is 11.5 Å². The Hall–Kier alpha value is -2.09. The minimum absolute atomic E-state index is 0.0112. The normalized spacial score (nSPS) is 25.0. The molecule has 5 nitrogen and oxygen atoms in total. The van der Waals surface area contributed by atoms with Gasteiger partial charge in [-0.3, -0.25) is 10.1 Å². The highest BCUT2D eigenvalue weighted by Crippen LogP contribution is 2.38. The van der Waals surface area contributed by atoms with E-state index in [-0.39, 0.29) is 5.69 Å². The fraction of sp³-hybridized carbons (Fsp3) is 0.562. The molecule has 2 aliphatic rings. The molecule has 1 aliphatic heterocycles. The van der Waals surface area contributed by atoms with Crippen molar-refractivity contribution in [3.8, 4) is 6.07 Å². The van der Waals surface area contributed by atoms with E-state index in [0.717, 1.165) is 24.7 Å². The predicted molar refractivity (Wildman–Crippen MR) is 80.1 cm³/mol. The van der Waals surface area contributed by atoms with Gasteiger partial charge in [0.05, 0.1) is 16.2 Å². The molecule has 0 aromatic heterocycles. The number of hydrogen-bond donors (Lipinski definition) is 0. The van der Waals surface area contributed by atoms with E-state index in [9.17, 15) is 15.4 Å². The second kappa shape index (κ2) is 5.72. The molecule has 2 atom stereocenters. The average molecular weight is 285 g/mol. The van der Waals surface area contributed by atoms with Crippen LogP contribution in [0.5, 0.6) is 0 Å². The van der Waals surface area contributed by atoms with Crippen molar-refractivity contribution in [1.29, 1.82) is 5.26 Å². The number of rotatable bonds is 2. The third-order valence-electron chi connectivity index (χ3n) is 4.94. The van der Waals surface area contributed by atoms with Gasteiger partial charge in [-0.15, -0.1) is 0 Å². The Kier molecular flexibility index (Phi) is 3.78. The molecule has 2 fully saturated rings. The topological polar surface area (TPSA) is 70.2 Å². The first-order valence-electron chi connectivity index (χ1n) is 7.62. The Morgan fingerprint density at radius 2 is 2.00 bits per heavy atom. The third-order valence-corrected chi connectivity index (χ3v) is 4.94. The predicted octanol–water partition coefficient (Wildman–Crippen LogP) is 3.48. The van der Waals surface area contributed by atoms with Gasteiger partial charge >= 0.3 is 0 Å². The van der Waals surface area contributed by atoms with Crippen LogP contribution in [0.3, 0.4) is 0 Å². The summed E-state index contributed by atoms with van der Waals surface area (Å²) in [7, 11) is 0. The Labute approximate surface area is 124 Å². The summed E-state index contributed by atoms with van der Waals surface area (Å²) in [5, 5.41) is 20.1. The molecule has 0 N–H and O–H groups in total. The summed E-state index contributed by atoms with van der Waals surface area (Å²) >= 11 is 0. The van der Waals surface area contributed by atoms with E-state index in [1.54, 1.807) is 6.07 Å². The van der Waals surface area contributed by atoms with Gasteiger partial charge in [-0.1, -0.05) is 19.3 Å². The van der Waals surface area contributed by atoms with Crippen LogP contribution in [0.15, 0.2) is 18.2 Å². The standard InChI is InChI=1S/C16H19N3O2/c17-10-14-9-15(19(20)21)5-6-16(14)18-8-7-12-3-1-2-4-13(12)11-18/h5-6,9,12-13H,1-4,7-8,11H2/t12-,13+/m0/s1. The molecule has 5 heteroatoms. The molecular weight excluding hydrogens is 266 g/mol. The van der Waals surface area contributed by atoms with E-state index in [4.69, 9.17) is 0 Å². The molecule has 1 saturated heterocycles. The molecule has 0 bridgehead atoms. The second-order valence-electron chi connectivity index (χ2n) is 6.11. The molecule has 0 amide bonds. The Bertz CT molecular complexity index is 594. The highest BCUT2D eigenvalue weighted by Gasteiger charge is 2.32. The van der Waals surface area contributed by atoms with Crippen LogP contribution in [0.25, 0.3) is 0 Å². The molecule has 110 valence electrons. The van der Waals surface area contributed by atoms with Crippen molar-refractivity contribution >= 4 is 11.4 Å². The zero-order chi connectivity index (χ0) is 14.8. The van der Waals surface area contributed by atoms with Crippen molar-refractivity contribution in [3.63, 3.8) is 0 Å². The number of nitro benzene ring substituents is 1. The van der Waals surface area contributed by atoms with Crippen LogP contribution < -0.4 is 4.90 Å². The Morgan fingerprint density at radius 3 is 2.71 bits per heavy atom. The number of anilines is 1. The average Bonchev–Trinajstić information content (AvgIpc) is 2.53. The number of hydrogen-bond acceptors (Lipinski definition) is 4. The molecule has 1 aromatic rings. The number of nitriles is 1. The second-order valence-corrected chi connectivity index (χ2v) is 6.11. The van der Waals surface area contributed by atoms with Crippen LogP contribution in [-0.2, 0) is 0 Å². The van der Waals surface area contributed by atoms with Gasteiger partial charge in [0.15, 0.2) is 0 Å². The van der Waals surface area contributed by atoms with Crippen LogP contribution in [-0.4, -0.2) is 18.0 Å². The maximum atomic E-state index is 10.8. The molecule has 1 saturated carbocycles. The molecule has 21 heavy (non-hydrogen) atoms. The highest BCUT2D eigenvalue weighted by molar-refractivity contribution is 5.63. The van der Waals surface area contributed by atoms with Crippen LogP contribution in [0.4, 0.5) is 11.4 Å². The van der Waals surface area contributed by atoms with E-state index in [2.05, 4.69) is 11.0 Å². The van der Waals surface area contributed by atoms with Crippen molar-refractivity contribution in [2.75, 3.05) is 18.0 Å². The number of nitro groups is 1. The first-order chi connectivity index (χ1) is 10.2. The minimum Gasteiger partial charge on any atom is -0.370 e. The zero-order valence-corrected chi connectivity index (χ0v) is 12.0. The van der Waals surface area contributed by atoms with Crippen molar-refractivity contribution in [2.45, 2.75) is 32.1 Å². The quantitative estimate of drug-likeness (QED) is 0.616. The van der Waals surface area contributed by atoms with Crippen LogP contribution >= 0.6 is 0 Å². The summed E-state index contributed by atoms with van der Waals surface area (Å²) in [5.74, 6) is 1.55. The lowest BCUT2D eigenvalue weighted by atomic mass is 9.75. The van der Waals surface area contributed by atoms with Crippen LogP contribution in [0, 0.1) is 33.3 Å². The van der Waals surface area contributed by atoms with Gasteiger partial charge < -0.3 is 4.90 Å². The van der Waals surface area contributed by atoms with E-state index >= 15 is 0 Å². The first kappa shape index (κ1) is 13.9. The lowest BCUT2D eigenvalue weighted by Gasteiger charge is -2.42. The van der Waals surface area contributed by atoms with E-state index in [1.807, 2.05) is 0 Å². The summed E-state index contributed by atoms with van der Waals surface area (Å²) in [5.41, 5.74) is 1.26.